The van der Waals surface area contributed by atoms with Crippen molar-refractivity contribution in [3.63, 3.8) is 0 Å². The van der Waals surface area contributed by atoms with Crippen LogP contribution >= 0.6 is 11.6 Å². The Morgan fingerprint density at radius 2 is 1.87 bits per heavy atom. The van der Waals surface area contributed by atoms with Gasteiger partial charge in [-0.05, 0) is 43.0 Å². The van der Waals surface area contributed by atoms with Gasteiger partial charge in [0.1, 0.15) is 6.04 Å². The van der Waals surface area contributed by atoms with E-state index in [2.05, 4.69) is 10.6 Å². The fourth-order valence-electron chi connectivity index (χ4n) is 2.10. The smallest absolute Gasteiger partial charge is 0.251 e. The third-order valence-corrected chi connectivity index (χ3v) is 3.51. The van der Waals surface area contributed by atoms with E-state index in [1.54, 1.807) is 31.4 Å². The molecule has 0 heterocycles. The molecule has 0 unspecified atom stereocenters. The van der Waals surface area contributed by atoms with Gasteiger partial charge in [-0.1, -0.05) is 25.4 Å². The third-order valence-electron chi connectivity index (χ3n) is 3.26. The number of halogens is 1. The first-order chi connectivity index (χ1) is 10.9. The highest BCUT2D eigenvalue weighted by molar-refractivity contribution is 6.30. The maximum atomic E-state index is 12.3. The summed E-state index contributed by atoms with van der Waals surface area (Å²) in [5, 5.41) is 6.20. The average molecular weight is 341 g/mol. The number of benzene rings is 1. The lowest BCUT2D eigenvalue weighted by molar-refractivity contribution is -0.123. The quantitative estimate of drug-likeness (QED) is 0.679. The third kappa shape index (κ3) is 7.48. The van der Waals surface area contributed by atoms with Crippen molar-refractivity contribution >= 4 is 23.4 Å². The number of carbonyl (C=O) groups excluding carboxylic acids is 2. The molecule has 0 radical (unpaired) electrons. The second kappa shape index (κ2) is 10.2. The Labute approximate surface area is 142 Å². The van der Waals surface area contributed by atoms with Gasteiger partial charge in [-0.3, -0.25) is 9.59 Å². The van der Waals surface area contributed by atoms with E-state index >= 15 is 0 Å². The molecular weight excluding hydrogens is 316 g/mol. The molecule has 0 fully saturated rings. The number of rotatable bonds is 9. The highest BCUT2D eigenvalue weighted by atomic mass is 35.5. The van der Waals surface area contributed by atoms with Crippen molar-refractivity contribution in [2.45, 2.75) is 32.7 Å². The summed E-state index contributed by atoms with van der Waals surface area (Å²) >= 11 is 5.82. The fourth-order valence-corrected chi connectivity index (χ4v) is 2.22. The van der Waals surface area contributed by atoms with Crippen LogP contribution in [0.2, 0.25) is 5.02 Å². The van der Waals surface area contributed by atoms with Crippen molar-refractivity contribution in [2.24, 2.45) is 5.92 Å². The molecule has 6 heteroatoms. The summed E-state index contributed by atoms with van der Waals surface area (Å²) < 4.78 is 4.95. The second-order valence-corrected chi connectivity index (χ2v) is 6.24. The van der Waals surface area contributed by atoms with Crippen molar-refractivity contribution in [1.82, 2.24) is 10.6 Å². The lowest BCUT2D eigenvalue weighted by Crippen LogP contribution is -2.47. The summed E-state index contributed by atoms with van der Waals surface area (Å²) in [6.45, 7) is 5.14. The molecule has 1 aromatic rings. The van der Waals surface area contributed by atoms with Gasteiger partial charge < -0.3 is 15.4 Å². The average Bonchev–Trinajstić information content (AvgIpc) is 2.50. The first kappa shape index (κ1) is 19.5. The van der Waals surface area contributed by atoms with Crippen LogP contribution in [0.3, 0.4) is 0 Å². The normalized spacial score (nSPS) is 12.0. The number of ether oxygens (including phenoxy) is 1. The van der Waals surface area contributed by atoms with E-state index in [-0.39, 0.29) is 17.7 Å². The van der Waals surface area contributed by atoms with Crippen molar-refractivity contribution in [3.8, 4) is 0 Å². The van der Waals surface area contributed by atoms with Gasteiger partial charge in [0.25, 0.3) is 5.91 Å². The van der Waals surface area contributed by atoms with E-state index in [4.69, 9.17) is 16.3 Å². The maximum absolute atomic E-state index is 12.3. The molecule has 0 aliphatic heterocycles. The monoisotopic (exact) mass is 340 g/mol. The van der Waals surface area contributed by atoms with E-state index in [1.165, 1.54) is 0 Å². The van der Waals surface area contributed by atoms with Crippen LogP contribution in [0.15, 0.2) is 24.3 Å². The van der Waals surface area contributed by atoms with Gasteiger partial charge in [0, 0.05) is 30.8 Å². The molecule has 2 N–H and O–H groups in total. The second-order valence-electron chi connectivity index (χ2n) is 5.80. The largest absolute Gasteiger partial charge is 0.385 e. The Hall–Kier alpha value is -1.59. The molecule has 0 bridgehead atoms. The minimum atomic E-state index is -0.555. The van der Waals surface area contributed by atoms with Gasteiger partial charge in [0.15, 0.2) is 0 Å². The van der Waals surface area contributed by atoms with Crippen LogP contribution in [0, 0.1) is 5.92 Å². The zero-order chi connectivity index (χ0) is 17.2. The molecule has 0 spiro atoms. The number of amides is 2. The summed E-state index contributed by atoms with van der Waals surface area (Å²) in [6.07, 6.45) is 1.32. The predicted octanol–water partition coefficient (Wildman–Crippen LogP) is 2.64. The van der Waals surface area contributed by atoms with Crippen LogP contribution in [-0.4, -0.2) is 38.1 Å². The van der Waals surface area contributed by atoms with E-state index in [0.29, 0.717) is 30.2 Å². The molecular formula is C17H25ClN2O3. The highest BCUT2D eigenvalue weighted by Crippen LogP contribution is 2.11. The summed E-state index contributed by atoms with van der Waals surface area (Å²) in [7, 11) is 1.62. The number of hydrogen-bond acceptors (Lipinski definition) is 3. The lowest BCUT2D eigenvalue weighted by Gasteiger charge is -2.20. The summed E-state index contributed by atoms with van der Waals surface area (Å²) in [4.78, 5) is 24.5. The summed E-state index contributed by atoms with van der Waals surface area (Å²) in [5.74, 6) is -0.160. The molecule has 1 atom stereocenters. The van der Waals surface area contributed by atoms with Crippen molar-refractivity contribution in [1.29, 1.82) is 0 Å². The standard InChI is InChI=1S/C17H25ClN2O3/c1-12(2)11-15(17(22)19-9-4-10-23-3)20-16(21)13-5-7-14(18)8-6-13/h5-8,12,15H,4,9-11H2,1-3H3,(H,19,22)(H,20,21)/t15-/m0/s1. The first-order valence-electron chi connectivity index (χ1n) is 7.77. The van der Waals surface area contributed by atoms with Gasteiger partial charge in [-0.25, -0.2) is 0 Å². The van der Waals surface area contributed by atoms with Gasteiger partial charge in [-0.15, -0.1) is 0 Å². The number of nitrogens with one attached hydrogen (secondary N) is 2. The molecule has 5 nitrogen and oxygen atoms in total. The van der Waals surface area contributed by atoms with Crippen LogP contribution in [0.1, 0.15) is 37.0 Å². The topological polar surface area (TPSA) is 67.4 Å². The maximum Gasteiger partial charge on any atom is 0.251 e. The Balaban J connectivity index is 2.64. The molecule has 23 heavy (non-hydrogen) atoms. The number of methoxy groups -OCH3 is 1. The molecule has 0 aliphatic rings. The number of carbonyl (C=O) groups is 2. The molecule has 0 saturated heterocycles. The zero-order valence-corrected chi connectivity index (χ0v) is 14.7. The Morgan fingerprint density at radius 1 is 1.22 bits per heavy atom. The van der Waals surface area contributed by atoms with Gasteiger partial charge in [-0.2, -0.15) is 0 Å². The summed E-state index contributed by atoms with van der Waals surface area (Å²) in [6, 6.07) is 6.03. The molecule has 1 aromatic carbocycles. The van der Waals surface area contributed by atoms with Crippen LogP contribution in [0.4, 0.5) is 0 Å². The molecule has 0 aromatic heterocycles. The van der Waals surface area contributed by atoms with Crippen LogP contribution < -0.4 is 10.6 Å². The highest BCUT2D eigenvalue weighted by Gasteiger charge is 2.22. The molecule has 0 saturated carbocycles. The minimum Gasteiger partial charge on any atom is -0.385 e. The van der Waals surface area contributed by atoms with Crippen LogP contribution in [-0.2, 0) is 9.53 Å². The van der Waals surface area contributed by atoms with Crippen molar-refractivity contribution < 1.29 is 14.3 Å². The van der Waals surface area contributed by atoms with Crippen LogP contribution in [0.25, 0.3) is 0 Å². The molecule has 128 valence electrons. The Morgan fingerprint density at radius 3 is 2.43 bits per heavy atom. The van der Waals surface area contributed by atoms with E-state index in [9.17, 15) is 9.59 Å². The first-order valence-corrected chi connectivity index (χ1v) is 8.15. The van der Waals surface area contributed by atoms with Crippen molar-refractivity contribution in [2.75, 3.05) is 20.3 Å². The lowest BCUT2D eigenvalue weighted by atomic mass is 10.0. The van der Waals surface area contributed by atoms with E-state index in [0.717, 1.165) is 6.42 Å². The zero-order valence-electron chi connectivity index (χ0n) is 13.9. The SMILES string of the molecule is COCCCNC(=O)[C@H](CC(C)C)NC(=O)c1ccc(Cl)cc1. The molecule has 1 rings (SSSR count). The van der Waals surface area contributed by atoms with E-state index < -0.39 is 6.04 Å². The number of hydrogen-bond donors (Lipinski definition) is 2. The van der Waals surface area contributed by atoms with Crippen LogP contribution in [0.5, 0.6) is 0 Å². The van der Waals surface area contributed by atoms with E-state index in [1.807, 2.05) is 13.8 Å². The fraction of sp³-hybridized carbons (Fsp3) is 0.529. The Kier molecular flexibility index (Phi) is 8.66. The Bertz CT molecular complexity index is 503. The summed E-state index contributed by atoms with van der Waals surface area (Å²) in [5.41, 5.74) is 0.482. The van der Waals surface area contributed by atoms with Gasteiger partial charge >= 0.3 is 0 Å². The van der Waals surface area contributed by atoms with Crippen molar-refractivity contribution in [3.05, 3.63) is 34.9 Å². The molecule has 0 aliphatic carbocycles. The molecule has 2 amide bonds. The van der Waals surface area contributed by atoms with Gasteiger partial charge in [0.05, 0.1) is 0 Å². The van der Waals surface area contributed by atoms with Gasteiger partial charge in [0.2, 0.25) is 5.91 Å². The minimum absolute atomic E-state index is 0.169. The predicted molar refractivity (Wildman–Crippen MR) is 91.7 cm³/mol.